The third kappa shape index (κ3) is 17.0. The molecule has 2 aliphatic rings. The molecule has 8 aromatic rings. The number of alkyl halides is 1. The van der Waals surface area contributed by atoms with E-state index in [2.05, 4.69) is 38.1 Å². The van der Waals surface area contributed by atoms with Crippen LogP contribution in [0.2, 0.25) is 0 Å². The molecule has 85 heavy (non-hydrogen) atoms. The molecule has 6 aromatic carbocycles. The molecule has 0 spiro atoms. The number of aromatic nitrogens is 2. The van der Waals surface area contributed by atoms with E-state index in [1.54, 1.807) is 46.8 Å². The number of pyridine rings is 2. The standard InChI is InChI=1S/C31H32N4O6S.C27H24ClN3O4.C4H9NO2S/c1-38-27-6-3-4-7-28(27)41-24-10-8-22(9-11-24)35-31-21(18-32)19-34-26-17-30(29(39-2)16-25(26)31)40-14-5-13-33-23-12-15-42(36,37)20-23;1-32-23-6-3-4-7-24(23)35-20-10-8-19(9-11-20)31-27-18(16-29)17-30-22-15-26(34-13-5-12-28)25(33-2)14-21(22)27;5-4-1-2-8(6,7)3-4/h3-4,6-11,16-17,19,23,33H,5,12-15,20H2,1-2H3,(H,34,35);3-4,6-11,14-15,17H,5,12-13H2,1-2H3,(H,30,31);4H,1-3,5H2. The quantitative estimate of drug-likeness (QED) is 0.0362. The van der Waals surface area contributed by atoms with Gasteiger partial charge in [0.25, 0.3) is 0 Å². The van der Waals surface area contributed by atoms with Gasteiger partial charge in [-0.15, -0.1) is 11.6 Å². The molecule has 2 unspecified atom stereocenters. The van der Waals surface area contributed by atoms with Crippen LogP contribution in [0.1, 0.15) is 36.8 Å². The van der Waals surface area contributed by atoms with Crippen molar-refractivity contribution in [1.29, 1.82) is 10.5 Å². The second kappa shape index (κ2) is 29.7. The van der Waals surface area contributed by atoms with Crippen LogP contribution in [0.3, 0.4) is 0 Å². The van der Waals surface area contributed by atoms with Gasteiger partial charge in [0.15, 0.2) is 65.7 Å². The van der Waals surface area contributed by atoms with Crippen LogP contribution in [0, 0.1) is 22.7 Å². The number of methoxy groups -OCH3 is 4. The minimum atomic E-state index is -2.91. The van der Waals surface area contributed by atoms with Crippen molar-refractivity contribution < 1.29 is 54.7 Å². The summed E-state index contributed by atoms with van der Waals surface area (Å²) in [6.07, 6.45) is 5.77. The summed E-state index contributed by atoms with van der Waals surface area (Å²) in [6.45, 7) is 1.53. The maximum atomic E-state index is 11.6. The van der Waals surface area contributed by atoms with Crippen molar-refractivity contribution in [2.75, 3.05) is 87.7 Å². The first kappa shape index (κ1) is 62.3. The molecule has 20 nitrogen and oxygen atoms in total. The molecule has 5 N–H and O–H groups in total. The van der Waals surface area contributed by atoms with E-state index < -0.39 is 19.7 Å². The predicted molar refractivity (Wildman–Crippen MR) is 329 cm³/mol. The number of rotatable bonds is 22. The number of hydrogen-bond donors (Lipinski definition) is 4. The molecule has 0 aliphatic carbocycles. The van der Waals surface area contributed by atoms with Crippen LogP contribution < -0.4 is 59.6 Å². The Hall–Kier alpha value is -8.77. The Morgan fingerprint density at radius 2 is 1.00 bits per heavy atom. The number of nitrogens with two attached hydrogens (primary N) is 1. The van der Waals surface area contributed by atoms with Crippen molar-refractivity contribution in [2.45, 2.75) is 37.8 Å². The van der Waals surface area contributed by atoms with Crippen LogP contribution in [0.25, 0.3) is 21.8 Å². The van der Waals surface area contributed by atoms with Crippen LogP contribution >= 0.6 is 11.6 Å². The molecule has 2 atom stereocenters. The number of benzene rings is 6. The number of nitrogens with zero attached hydrogens (tertiary/aromatic N) is 4. The molecule has 2 fully saturated rings. The molecule has 4 heterocycles. The van der Waals surface area contributed by atoms with Gasteiger partial charge in [0.2, 0.25) is 0 Å². The zero-order chi connectivity index (χ0) is 60.3. The molecule has 2 saturated heterocycles. The largest absolute Gasteiger partial charge is 0.493 e. The summed E-state index contributed by atoms with van der Waals surface area (Å²) < 4.78 is 90.0. The Morgan fingerprint density at radius 1 is 0.565 bits per heavy atom. The van der Waals surface area contributed by atoms with Crippen molar-refractivity contribution >= 4 is 75.8 Å². The zero-order valence-corrected chi connectivity index (χ0v) is 49.7. The molecule has 2 aromatic heterocycles. The highest BCUT2D eigenvalue weighted by atomic mass is 35.5. The van der Waals surface area contributed by atoms with Gasteiger partial charge in [0, 0.05) is 64.6 Å². The number of fused-ring (bicyclic) bond motifs is 2. The Morgan fingerprint density at radius 3 is 1.38 bits per heavy atom. The lowest BCUT2D eigenvalue weighted by atomic mass is 10.1. The van der Waals surface area contributed by atoms with Gasteiger partial charge >= 0.3 is 0 Å². The fraction of sp³-hybridized carbons (Fsp3) is 0.290. The summed E-state index contributed by atoms with van der Waals surface area (Å²) in [5.41, 5.74) is 10.2. The highest BCUT2D eigenvalue weighted by Gasteiger charge is 2.27. The second-order valence-electron chi connectivity index (χ2n) is 19.5. The lowest BCUT2D eigenvalue weighted by Crippen LogP contribution is -2.31. The molecule has 23 heteroatoms. The molecule has 2 aliphatic heterocycles. The summed E-state index contributed by atoms with van der Waals surface area (Å²) in [4.78, 5) is 8.92. The average molecular weight is 1210 g/mol. The van der Waals surface area contributed by atoms with Gasteiger partial charge in [-0.05, 0) is 117 Å². The lowest BCUT2D eigenvalue weighted by Gasteiger charge is -2.16. The number of hydrogen-bond acceptors (Lipinski definition) is 20. The third-order valence-electron chi connectivity index (χ3n) is 13.4. The number of ether oxygens (including phenoxy) is 8. The number of halogens is 1. The van der Waals surface area contributed by atoms with E-state index in [4.69, 9.17) is 55.2 Å². The number of nitriles is 2. The van der Waals surface area contributed by atoms with Gasteiger partial charge in [0.1, 0.15) is 23.6 Å². The monoisotopic (exact) mass is 1210 g/mol. The minimum Gasteiger partial charge on any atom is -0.493 e. The molecule has 0 radical (unpaired) electrons. The number of anilines is 4. The highest BCUT2D eigenvalue weighted by molar-refractivity contribution is 7.91. The first-order valence-electron chi connectivity index (χ1n) is 27.0. The van der Waals surface area contributed by atoms with E-state index in [-0.39, 0.29) is 35.1 Å². The van der Waals surface area contributed by atoms with Gasteiger partial charge in [-0.25, -0.2) is 16.8 Å². The van der Waals surface area contributed by atoms with Crippen molar-refractivity contribution in [3.05, 3.63) is 145 Å². The van der Waals surface area contributed by atoms with Crippen LogP contribution in [0.4, 0.5) is 22.7 Å². The summed E-state index contributed by atoms with van der Waals surface area (Å²) in [5.74, 6) is 7.41. The zero-order valence-electron chi connectivity index (χ0n) is 47.3. The highest BCUT2D eigenvalue weighted by Crippen LogP contribution is 2.40. The van der Waals surface area contributed by atoms with Gasteiger partial charge < -0.3 is 59.6 Å². The van der Waals surface area contributed by atoms with Crippen LogP contribution in [0.5, 0.6) is 57.5 Å². The van der Waals surface area contributed by atoms with Crippen LogP contribution in [-0.2, 0) is 19.7 Å². The first-order valence-corrected chi connectivity index (χ1v) is 31.2. The van der Waals surface area contributed by atoms with Crippen LogP contribution in [-0.4, -0.2) is 116 Å². The number of nitrogens with one attached hydrogen (secondary N) is 3. The summed E-state index contributed by atoms with van der Waals surface area (Å²) in [6, 6.07) is 41.2. The van der Waals surface area contributed by atoms with E-state index in [1.807, 2.05) is 109 Å². The average Bonchev–Trinajstić information content (AvgIpc) is 3.71. The van der Waals surface area contributed by atoms with E-state index in [0.717, 1.165) is 16.8 Å². The molecule has 0 bridgehead atoms. The lowest BCUT2D eigenvalue weighted by molar-refractivity contribution is 0.286. The fourth-order valence-electron chi connectivity index (χ4n) is 9.12. The van der Waals surface area contributed by atoms with E-state index in [9.17, 15) is 27.4 Å². The van der Waals surface area contributed by atoms with E-state index >= 15 is 0 Å². The molecular weight excluding hydrogens is 1150 g/mol. The fourth-order valence-corrected chi connectivity index (χ4v) is 12.6. The summed E-state index contributed by atoms with van der Waals surface area (Å²) >= 11 is 5.76. The number of para-hydroxylation sites is 4. The van der Waals surface area contributed by atoms with Gasteiger partial charge in [-0.2, -0.15) is 10.5 Å². The minimum absolute atomic E-state index is 0.00534. The molecular formula is C62H65ClN8O12S2. The topological polar surface area (TPSA) is 278 Å². The number of sulfone groups is 2. The molecule has 0 amide bonds. The molecule has 444 valence electrons. The van der Waals surface area contributed by atoms with Crippen LogP contribution in [0.15, 0.2) is 134 Å². The maximum Gasteiger partial charge on any atom is 0.169 e. The van der Waals surface area contributed by atoms with E-state index in [0.29, 0.717) is 148 Å². The molecule has 10 rings (SSSR count). The van der Waals surface area contributed by atoms with E-state index in [1.165, 1.54) is 6.20 Å². The smallest absolute Gasteiger partial charge is 0.169 e. The van der Waals surface area contributed by atoms with Gasteiger partial charge in [-0.1, -0.05) is 24.3 Å². The Labute approximate surface area is 499 Å². The summed E-state index contributed by atoms with van der Waals surface area (Å²) in [7, 11) is 0.704. The molecule has 0 saturated carbocycles. The first-order chi connectivity index (χ1) is 41.1. The van der Waals surface area contributed by atoms with Crippen molar-refractivity contribution in [3.8, 4) is 69.6 Å². The Kier molecular flexibility index (Phi) is 21.7. The Bertz CT molecular complexity index is 3900. The van der Waals surface area contributed by atoms with Gasteiger partial charge in [0.05, 0.1) is 98.2 Å². The maximum absolute atomic E-state index is 11.6. The predicted octanol–water partition coefficient (Wildman–Crippen LogP) is 11.0. The van der Waals surface area contributed by atoms with Gasteiger partial charge in [-0.3, -0.25) is 9.97 Å². The van der Waals surface area contributed by atoms with Crippen molar-refractivity contribution in [2.24, 2.45) is 5.73 Å². The van der Waals surface area contributed by atoms with Crippen molar-refractivity contribution in [1.82, 2.24) is 15.3 Å². The Balaban J connectivity index is 0.000000198. The summed E-state index contributed by atoms with van der Waals surface area (Å²) in [5, 5.41) is 31.0. The normalized spacial score (nSPS) is 15.3. The SMILES string of the molecule is COc1cc2c(Nc3ccc(Oc4ccccc4OC)cc3)c(C#N)cnc2cc1OCCCCl.COc1cc2c(Nc3ccc(Oc4ccccc4OC)cc3)c(C#N)cnc2cc1OCCCNC1CCS(=O)(=O)C1.NC1CCS(=O)(=O)C1. The third-order valence-corrected chi connectivity index (χ3v) is 17.3. The van der Waals surface area contributed by atoms with Crippen molar-refractivity contribution in [3.63, 3.8) is 0 Å². The second-order valence-corrected chi connectivity index (χ2v) is 24.3.